The van der Waals surface area contributed by atoms with Crippen molar-refractivity contribution in [1.82, 2.24) is 19.7 Å². The number of amides is 1. The van der Waals surface area contributed by atoms with Crippen LogP contribution in [0.1, 0.15) is 30.1 Å². The molecule has 0 unspecified atom stereocenters. The van der Waals surface area contributed by atoms with E-state index in [0.717, 1.165) is 35.9 Å². The van der Waals surface area contributed by atoms with Crippen molar-refractivity contribution in [3.63, 3.8) is 0 Å². The lowest BCUT2D eigenvalue weighted by atomic mass is 9.97. The van der Waals surface area contributed by atoms with Gasteiger partial charge in [0.25, 0.3) is 0 Å². The zero-order valence-electron chi connectivity index (χ0n) is 14.9. The summed E-state index contributed by atoms with van der Waals surface area (Å²) in [7, 11) is 5.22. The molecule has 1 atom stereocenters. The van der Waals surface area contributed by atoms with Gasteiger partial charge in [0.2, 0.25) is 5.91 Å². The Morgan fingerprint density at radius 3 is 2.84 bits per heavy atom. The zero-order chi connectivity index (χ0) is 17.8. The number of hydrogen-bond acceptors (Lipinski definition) is 5. The molecule has 0 saturated carbocycles. The summed E-state index contributed by atoms with van der Waals surface area (Å²) in [5.74, 6) is 2.91. The van der Waals surface area contributed by atoms with Crippen LogP contribution in [0.3, 0.4) is 0 Å². The van der Waals surface area contributed by atoms with Crippen LogP contribution >= 0.6 is 0 Å². The Hall–Kier alpha value is -2.57. The number of likely N-dealkylation sites (tertiary alicyclic amines) is 1. The van der Waals surface area contributed by atoms with Gasteiger partial charge in [-0.05, 0) is 24.6 Å². The van der Waals surface area contributed by atoms with Gasteiger partial charge in [0.05, 0.1) is 14.2 Å². The van der Waals surface area contributed by atoms with Crippen molar-refractivity contribution >= 4 is 5.91 Å². The minimum Gasteiger partial charge on any atom is -0.497 e. The number of carbonyl (C=O) groups is 1. The Bertz CT molecular complexity index is 744. The molecule has 1 aliphatic heterocycles. The molecule has 0 N–H and O–H groups in total. The molecule has 1 saturated heterocycles. The summed E-state index contributed by atoms with van der Waals surface area (Å²) in [6, 6.07) is 5.82. The second kappa shape index (κ2) is 7.55. The average Bonchev–Trinajstić information content (AvgIpc) is 3.28. The van der Waals surface area contributed by atoms with Gasteiger partial charge in [-0.15, -0.1) is 10.2 Å². The third-order valence-electron chi connectivity index (χ3n) is 4.79. The SMILES string of the molecule is COc1ccc(OC)c([C@H]2CCN(C(=O)CCc3nncn3C)C2)c1. The fourth-order valence-corrected chi connectivity index (χ4v) is 3.31. The summed E-state index contributed by atoms with van der Waals surface area (Å²) in [5, 5.41) is 7.88. The molecule has 2 aromatic rings. The molecular formula is C18H24N4O3. The lowest BCUT2D eigenvalue weighted by Gasteiger charge is -2.18. The van der Waals surface area contributed by atoms with E-state index in [1.54, 1.807) is 20.5 Å². The Balaban J connectivity index is 1.63. The summed E-state index contributed by atoms with van der Waals surface area (Å²) >= 11 is 0. The van der Waals surface area contributed by atoms with Crippen molar-refractivity contribution < 1.29 is 14.3 Å². The number of aryl methyl sites for hydroxylation is 2. The van der Waals surface area contributed by atoms with E-state index in [4.69, 9.17) is 9.47 Å². The molecule has 0 aliphatic carbocycles. The number of ether oxygens (including phenoxy) is 2. The molecule has 7 nitrogen and oxygen atoms in total. The highest BCUT2D eigenvalue weighted by atomic mass is 16.5. The molecule has 2 heterocycles. The number of rotatable bonds is 6. The second-order valence-corrected chi connectivity index (χ2v) is 6.29. The maximum atomic E-state index is 12.5. The molecule has 7 heteroatoms. The topological polar surface area (TPSA) is 69.5 Å². The first-order valence-corrected chi connectivity index (χ1v) is 8.45. The van der Waals surface area contributed by atoms with E-state index in [-0.39, 0.29) is 11.8 Å². The summed E-state index contributed by atoms with van der Waals surface area (Å²) in [6.45, 7) is 1.48. The summed E-state index contributed by atoms with van der Waals surface area (Å²) in [6.07, 6.45) is 3.65. The molecule has 25 heavy (non-hydrogen) atoms. The molecule has 1 aromatic carbocycles. The van der Waals surface area contributed by atoms with Gasteiger partial charge in [-0.3, -0.25) is 4.79 Å². The summed E-state index contributed by atoms with van der Waals surface area (Å²) < 4.78 is 12.7. The predicted octanol–water partition coefficient (Wildman–Crippen LogP) is 1.78. The minimum atomic E-state index is 0.160. The molecule has 134 valence electrons. The van der Waals surface area contributed by atoms with Crippen molar-refractivity contribution in [3.8, 4) is 11.5 Å². The maximum Gasteiger partial charge on any atom is 0.223 e. The Morgan fingerprint density at radius 2 is 2.16 bits per heavy atom. The van der Waals surface area contributed by atoms with Crippen LogP contribution in [-0.4, -0.2) is 52.9 Å². The van der Waals surface area contributed by atoms with Gasteiger partial charge in [-0.2, -0.15) is 0 Å². The van der Waals surface area contributed by atoms with E-state index in [9.17, 15) is 4.79 Å². The third kappa shape index (κ3) is 3.75. The molecule has 3 rings (SSSR count). The number of carbonyl (C=O) groups excluding carboxylic acids is 1. The van der Waals surface area contributed by atoms with Crippen LogP contribution in [0, 0.1) is 0 Å². The van der Waals surface area contributed by atoms with Gasteiger partial charge in [-0.25, -0.2) is 0 Å². The third-order valence-corrected chi connectivity index (χ3v) is 4.79. The Kier molecular flexibility index (Phi) is 5.21. The number of nitrogens with zero attached hydrogens (tertiary/aromatic N) is 4. The summed E-state index contributed by atoms with van der Waals surface area (Å²) in [5.41, 5.74) is 1.10. The Morgan fingerprint density at radius 1 is 1.32 bits per heavy atom. The fourth-order valence-electron chi connectivity index (χ4n) is 3.31. The lowest BCUT2D eigenvalue weighted by molar-refractivity contribution is -0.130. The minimum absolute atomic E-state index is 0.160. The molecule has 0 spiro atoms. The monoisotopic (exact) mass is 344 g/mol. The van der Waals surface area contributed by atoms with Gasteiger partial charge in [0, 0.05) is 44.5 Å². The van der Waals surface area contributed by atoms with Crippen LogP contribution in [0.15, 0.2) is 24.5 Å². The van der Waals surface area contributed by atoms with Gasteiger partial charge in [0.1, 0.15) is 23.7 Å². The zero-order valence-corrected chi connectivity index (χ0v) is 14.9. The van der Waals surface area contributed by atoms with Crippen molar-refractivity contribution in [3.05, 3.63) is 35.9 Å². The number of hydrogen-bond donors (Lipinski definition) is 0. The van der Waals surface area contributed by atoms with Crippen LogP contribution in [0.5, 0.6) is 11.5 Å². The van der Waals surface area contributed by atoms with Crippen molar-refractivity contribution in [1.29, 1.82) is 0 Å². The van der Waals surface area contributed by atoms with Gasteiger partial charge < -0.3 is 18.9 Å². The fraction of sp³-hybridized carbons (Fsp3) is 0.500. The number of aromatic nitrogens is 3. The largest absolute Gasteiger partial charge is 0.497 e. The molecular weight excluding hydrogens is 320 g/mol. The molecule has 1 fully saturated rings. The molecule has 1 aliphatic rings. The summed E-state index contributed by atoms with van der Waals surface area (Å²) in [4.78, 5) is 14.4. The highest BCUT2D eigenvalue weighted by Gasteiger charge is 2.29. The van der Waals surface area contributed by atoms with Gasteiger partial charge >= 0.3 is 0 Å². The first kappa shape index (κ1) is 17.3. The average molecular weight is 344 g/mol. The van der Waals surface area contributed by atoms with E-state index >= 15 is 0 Å². The van der Waals surface area contributed by atoms with E-state index in [1.165, 1.54) is 0 Å². The molecule has 1 amide bonds. The molecule has 1 aromatic heterocycles. The maximum absolute atomic E-state index is 12.5. The van der Waals surface area contributed by atoms with E-state index in [0.29, 0.717) is 19.4 Å². The second-order valence-electron chi connectivity index (χ2n) is 6.29. The Labute approximate surface area is 147 Å². The van der Waals surface area contributed by atoms with E-state index < -0.39 is 0 Å². The number of methoxy groups -OCH3 is 2. The normalized spacial score (nSPS) is 16.9. The highest BCUT2D eigenvalue weighted by molar-refractivity contribution is 5.76. The molecule has 0 bridgehead atoms. The first-order valence-electron chi connectivity index (χ1n) is 8.45. The first-order chi connectivity index (χ1) is 12.1. The van der Waals surface area contributed by atoms with E-state index in [2.05, 4.69) is 10.2 Å². The van der Waals surface area contributed by atoms with Crippen LogP contribution < -0.4 is 9.47 Å². The quantitative estimate of drug-likeness (QED) is 0.799. The predicted molar refractivity (Wildman–Crippen MR) is 92.8 cm³/mol. The molecule has 0 radical (unpaired) electrons. The van der Waals surface area contributed by atoms with Gasteiger partial charge in [0.15, 0.2) is 0 Å². The standard InChI is InChI=1S/C18H24N4O3/c1-21-12-19-20-17(21)6-7-18(23)22-9-8-13(11-22)15-10-14(24-2)4-5-16(15)25-3/h4-5,10,12-13H,6-9,11H2,1-3H3/t13-/m0/s1. The van der Waals surface area contributed by atoms with Crippen LogP contribution in [0.25, 0.3) is 0 Å². The smallest absolute Gasteiger partial charge is 0.223 e. The highest BCUT2D eigenvalue weighted by Crippen LogP contribution is 2.36. The van der Waals surface area contributed by atoms with Gasteiger partial charge in [-0.1, -0.05) is 0 Å². The van der Waals surface area contributed by atoms with Crippen LogP contribution in [0.2, 0.25) is 0 Å². The van der Waals surface area contributed by atoms with Crippen molar-refractivity contribution in [2.24, 2.45) is 7.05 Å². The van der Waals surface area contributed by atoms with Crippen LogP contribution in [-0.2, 0) is 18.3 Å². The van der Waals surface area contributed by atoms with Crippen molar-refractivity contribution in [2.75, 3.05) is 27.3 Å². The van der Waals surface area contributed by atoms with Crippen LogP contribution in [0.4, 0.5) is 0 Å². The van der Waals surface area contributed by atoms with E-state index in [1.807, 2.05) is 34.7 Å². The number of benzene rings is 1. The van der Waals surface area contributed by atoms with Crippen molar-refractivity contribution in [2.45, 2.75) is 25.2 Å². The lowest BCUT2D eigenvalue weighted by Crippen LogP contribution is -2.28.